The van der Waals surface area contributed by atoms with Crippen molar-refractivity contribution in [2.24, 2.45) is 11.7 Å². The van der Waals surface area contributed by atoms with Gasteiger partial charge in [0.2, 0.25) is 0 Å². The van der Waals surface area contributed by atoms with Crippen LogP contribution in [-0.2, 0) is 0 Å². The normalized spacial score (nSPS) is 24.0. The minimum atomic E-state index is -0.506. The van der Waals surface area contributed by atoms with Crippen molar-refractivity contribution in [1.82, 2.24) is 4.98 Å². The summed E-state index contributed by atoms with van der Waals surface area (Å²) in [5.74, 6) is 0.920. The standard InChI is InChI=1S/C13H20N4O/c1-8-3-4-9(2)17(7-8)12-5-10(13(15)18)11(14)6-16-12/h5-6,8-9H,3-4,7,14H2,1-2H3,(H2,15,18). The Labute approximate surface area is 107 Å². The van der Waals surface area contributed by atoms with Crippen LogP contribution in [0.4, 0.5) is 11.5 Å². The highest BCUT2D eigenvalue weighted by atomic mass is 16.1. The first-order valence-corrected chi connectivity index (χ1v) is 6.31. The van der Waals surface area contributed by atoms with Crippen LogP contribution in [-0.4, -0.2) is 23.5 Å². The number of aromatic nitrogens is 1. The number of amides is 1. The minimum absolute atomic E-state index is 0.337. The molecule has 5 nitrogen and oxygen atoms in total. The maximum Gasteiger partial charge on any atom is 0.250 e. The molecule has 1 fully saturated rings. The van der Waals surface area contributed by atoms with Crippen LogP contribution in [0.15, 0.2) is 12.3 Å². The SMILES string of the molecule is CC1CCC(C)N(c2cc(C(N)=O)c(N)cn2)C1. The lowest BCUT2D eigenvalue weighted by Gasteiger charge is -2.37. The van der Waals surface area contributed by atoms with Crippen molar-refractivity contribution in [3.63, 3.8) is 0 Å². The predicted octanol–water partition coefficient (Wildman–Crippen LogP) is 1.39. The van der Waals surface area contributed by atoms with Gasteiger partial charge < -0.3 is 16.4 Å². The van der Waals surface area contributed by atoms with Gasteiger partial charge in [0.25, 0.3) is 5.91 Å². The average molecular weight is 248 g/mol. The molecule has 98 valence electrons. The van der Waals surface area contributed by atoms with Gasteiger partial charge in [-0.25, -0.2) is 4.98 Å². The third-order valence-corrected chi connectivity index (χ3v) is 3.60. The summed E-state index contributed by atoms with van der Waals surface area (Å²) >= 11 is 0. The molecule has 1 aromatic rings. The van der Waals surface area contributed by atoms with Gasteiger partial charge in [0, 0.05) is 12.6 Å². The van der Waals surface area contributed by atoms with Gasteiger partial charge in [-0.1, -0.05) is 6.92 Å². The van der Waals surface area contributed by atoms with E-state index in [0.717, 1.165) is 18.8 Å². The molecule has 1 aliphatic heterocycles. The van der Waals surface area contributed by atoms with E-state index < -0.39 is 5.91 Å². The molecular weight excluding hydrogens is 228 g/mol. The van der Waals surface area contributed by atoms with Crippen LogP contribution in [0.3, 0.4) is 0 Å². The number of piperidine rings is 1. The molecule has 18 heavy (non-hydrogen) atoms. The fourth-order valence-electron chi connectivity index (χ4n) is 2.43. The van der Waals surface area contributed by atoms with Gasteiger partial charge in [-0.2, -0.15) is 0 Å². The molecule has 0 saturated carbocycles. The summed E-state index contributed by atoms with van der Waals surface area (Å²) in [6, 6.07) is 2.13. The molecule has 1 aliphatic rings. The molecule has 2 heterocycles. The van der Waals surface area contributed by atoms with Gasteiger partial charge in [-0.3, -0.25) is 4.79 Å². The zero-order valence-corrected chi connectivity index (χ0v) is 10.9. The van der Waals surface area contributed by atoms with Crippen molar-refractivity contribution in [2.45, 2.75) is 32.7 Å². The van der Waals surface area contributed by atoms with Crippen LogP contribution >= 0.6 is 0 Å². The van der Waals surface area contributed by atoms with Gasteiger partial charge in [-0.05, 0) is 31.7 Å². The molecule has 2 atom stereocenters. The monoisotopic (exact) mass is 248 g/mol. The topological polar surface area (TPSA) is 85.2 Å². The van der Waals surface area contributed by atoms with Crippen LogP contribution in [0.2, 0.25) is 0 Å². The summed E-state index contributed by atoms with van der Waals surface area (Å²) < 4.78 is 0. The lowest BCUT2D eigenvalue weighted by molar-refractivity contribution is 0.100. The molecule has 0 aromatic carbocycles. The van der Waals surface area contributed by atoms with Crippen molar-refractivity contribution in [3.8, 4) is 0 Å². The van der Waals surface area contributed by atoms with E-state index in [1.807, 2.05) is 0 Å². The van der Waals surface area contributed by atoms with Crippen LogP contribution < -0.4 is 16.4 Å². The van der Waals surface area contributed by atoms with E-state index in [4.69, 9.17) is 11.5 Å². The number of primary amides is 1. The number of nitrogens with two attached hydrogens (primary N) is 2. The second-order valence-corrected chi connectivity index (χ2v) is 5.18. The average Bonchev–Trinajstić information content (AvgIpc) is 2.33. The lowest BCUT2D eigenvalue weighted by atomic mass is 9.95. The highest BCUT2D eigenvalue weighted by molar-refractivity contribution is 5.98. The van der Waals surface area contributed by atoms with E-state index in [9.17, 15) is 4.79 Å². The van der Waals surface area contributed by atoms with Crippen LogP contribution in [0.1, 0.15) is 37.0 Å². The molecule has 1 saturated heterocycles. The number of hydrogen-bond acceptors (Lipinski definition) is 4. The smallest absolute Gasteiger partial charge is 0.250 e. The summed E-state index contributed by atoms with van der Waals surface area (Å²) in [6.07, 6.45) is 3.88. The molecule has 4 N–H and O–H groups in total. The van der Waals surface area contributed by atoms with Crippen molar-refractivity contribution in [2.75, 3.05) is 17.2 Å². The van der Waals surface area contributed by atoms with Gasteiger partial charge in [0.05, 0.1) is 17.4 Å². The van der Waals surface area contributed by atoms with E-state index in [1.165, 1.54) is 12.6 Å². The second-order valence-electron chi connectivity index (χ2n) is 5.18. The zero-order chi connectivity index (χ0) is 13.3. The van der Waals surface area contributed by atoms with Crippen molar-refractivity contribution in [3.05, 3.63) is 17.8 Å². The Morgan fingerprint density at radius 2 is 2.17 bits per heavy atom. The number of anilines is 2. The number of pyridine rings is 1. The van der Waals surface area contributed by atoms with Gasteiger partial charge in [0.1, 0.15) is 5.82 Å². The van der Waals surface area contributed by atoms with Gasteiger partial charge in [0.15, 0.2) is 0 Å². The Kier molecular flexibility index (Phi) is 3.41. The molecule has 0 radical (unpaired) electrons. The highest BCUT2D eigenvalue weighted by Crippen LogP contribution is 2.27. The number of nitrogen functional groups attached to an aromatic ring is 1. The van der Waals surface area contributed by atoms with Gasteiger partial charge >= 0.3 is 0 Å². The number of carbonyl (C=O) groups excluding carboxylic acids is 1. The van der Waals surface area contributed by atoms with E-state index in [2.05, 4.69) is 23.7 Å². The summed E-state index contributed by atoms with van der Waals surface area (Å²) in [6.45, 7) is 5.36. The zero-order valence-electron chi connectivity index (χ0n) is 10.9. The van der Waals surface area contributed by atoms with Crippen LogP contribution in [0.5, 0.6) is 0 Å². The minimum Gasteiger partial charge on any atom is -0.397 e. The van der Waals surface area contributed by atoms with Crippen molar-refractivity contribution < 1.29 is 4.79 Å². The Hall–Kier alpha value is -1.78. The third-order valence-electron chi connectivity index (χ3n) is 3.60. The van der Waals surface area contributed by atoms with E-state index in [-0.39, 0.29) is 0 Å². The fraction of sp³-hybridized carbons (Fsp3) is 0.538. The first-order valence-electron chi connectivity index (χ1n) is 6.31. The van der Waals surface area contributed by atoms with E-state index >= 15 is 0 Å². The Morgan fingerprint density at radius 1 is 1.44 bits per heavy atom. The maximum atomic E-state index is 11.3. The molecule has 0 bridgehead atoms. The molecule has 1 amide bonds. The fourth-order valence-corrected chi connectivity index (χ4v) is 2.43. The molecule has 0 spiro atoms. The molecule has 1 aromatic heterocycles. The Balaban J connectivity index is 2.32. The first-order chi connectivity index (χ1) is 8.49. The summed E-state index contributed by atoms with van der Waals surface area (Å²) in [4.78, 5) is 17.8. The summed E-state index contributed by atoms with van der Waals surface area (Å²) in [5.41, 5.74) is 11.7. The van der Waals surface area contributed by atoms with Crippen LogP contribution in [0.25, 0.3) is 0 Å². The van der Waals surface area contributed by atoms with Gasteiger partial charge in [-0.15, -0.1) is 0 Å². The molecule has 0 aliphatic carbocycles. The maximum absolute atomic E-state index is 11.3. The molecule has 5 heteroatoms. The molecular formula is C13H20N4O. The number of nitrogens with zero attached hydrogens (tertiary/aromatic N) is 2. The quantitative estimate of drug-likeness (QED) is 0.828. The second kappa shape index (κ2) is 4.84. The Morgan fingerprint density at radius 3 is 2.83 bits per heavy atom. The first kappa shape index (κ1) is 12.7. The third kappa shape index (κ3) is 2.39. The largest absolute Gasteiger partial charge is 0.397 e. The number of carbonyl (C=O) groups is 1. The highest BCUT2D eigenvalue weighted by Gasteiger charge is 2.24. The predicted molar refractivity (Wildman–Crippen MR) is 72.4 cm³/mol. The summed E-state index contributed by atoms with van der Waals surface area (Å²) in [7, 11) is 0. The molecule has 2 unspecified atom stereocenters. The van der Waals surface area contributed by atoms with E-state index in [0.29, 0.717) is 23.2 Å². The lowest BCUT2D eigenvalue weighted by Crippen LogP contribution is -2.41. The van der Waals surface area contributed by atoms with Crippen LogP contribution in [0, 0.1) is 5.92 Å². The van der Waals surface area contributed by atoms with Crippen molar-refractivity contribution >= 4 is 17.4 Å². The van der Waals surface area contributed by atoms with Crippen molar-refractivity contribution in [1.29, 1.82) is 0 Å². The number of rotatable bonds is 2. The number of hydrogen-bond donors (Lipinski definition) is 2. The van der Waals surface area contributed by atoms with E-state index in [1.54, 1.807) is 6.07 Å². The Bertz CT molecular complexity index is 460. The molecule has 2 rings (SSSR count). The summed E-state index contributed by atoms with van der Waals surface area (Å²) in [5, 5.41) is 0.